The number of amides is 1. The topological polar surface area (TPSA) is 135 Å². The number of aromatic amines is 1. The number of fused-ring (bicyclic) bond motifs is 4. The van der Waals surface area contributed by atoms with E-state index in [9.17, 15) is 25.0 Å². The first-order valence-electron chi connectivity index (χ1n) is 11.9. The molecule has 1 aromatic heterocycles. The summed E-state index contributed by atoms with van der Waals surface area (Å²) < 4.78 is 5.80. The Morgan fingerprint density at radius 3 is 2.54 bits per heavy atom. The average Bonchev–Trinajstić information content (AvgIpc) is 3.48. The number of ether oxygens (including phenoxy) is 1. The van der Waals surface area contributed by atoms with Crippen molar-refractivity contribution >= 4 is 68.7 Å². The zero-order valence-electron chi connectivity index (χ0n) is 21.0. The normalized spacial score (nSPS) is 14.5. The third-order valence-corrected chi connectivity index (χ3v) is 7.07. The summed E-state index contributed by atoms with van der Waals surface area (Å²) in [5, 5.41) is 24.7. The van der Waals surface area contributed by atoms with Gasteiger partial charge in [0.05, 0.1) is 15.5 Å². The van der Waals surface area contributed by atoms with Crippen LogP contribution in [-0.4, -0.2) is 65.3 Å². The quantitative estimate of drug-likeness (QED) is 0.167. The van der Waals surface area contributed by atoms with Gasteiger partial charge in [-0.15, -0.1) is 24.0 Å². The van der Waals surface area contributed by atoms with Crippen LogP contribution in [0.25, 0.3) is 21.7 Å². The molecule has 39 heavy (non-hydrogen) atoms. The van der Waals surface area contributed by atoms with Crippen LogP contribution < -0.4 is 9.64 Å². The van der Waals surface area contributed by atoms with Crippen molar-refractivity contribution in [2.24, 2.45) is 0 Å². The highest BCUT2D eigenvalue weighted by Crippen LogP contribution is 2.48. The highest BCUT2D eigenvalue weighted by Gasteiger charge is 2.38. The number of non-ortho nitro benzene ring substituents is 2. The lowest BCUT2D eigenvalue weighted by atomic mass is 9.94. The van der Waals surface area contributed by atoms with E-state index in [1.165, 1.54) is 23.1 Å². The van der Waals surface area contributed by atoms with Crippen LogP contribution in [-0.2, 0) is 0 Å². The van der Waals surface area contributed by atoms with E-state index >= 15 is 0 Å². The van der Waals surface area contributed by atoms with Crippen molar-refractivity contribution in [1.29, 1.82) is 0 Å². The minimum Gasteiger partial charge on any atom is -0.492 e. The van der Waals surface area contributed by atoms with Gasteiger partial charge in [0.2, 0.25) is 0 Å². The number of H-pyrrole nitrogens is 1. The van der Waals surface area contributed by atoms with E-state index in [0.717, 1.165) is 17.4 Å². The van der Waals surface area contributed by atoms with Crippen molar-refractivity contribution in [3.8, 4) is 5.75 Å². The molecular formula is C26H25Cl2N5O6. The summed E-state index contributed by atoms with van der Waals surface area (Å²) in [6.45, 7) is 1.46. The summed E-state index contributed by atoms with van der Waals surface area (Å²) in [6, 6.07) is 12.8. The van der Waals surface area contributed by atoms with Crippen molar-refractivity contribution in [2.75, 3.05) is 44.6 Å². The number of carbonyl (C=O) groups excluding carboxylic acids is 1. The second kappa shape index (κ2) is 11.0. The van der Waals surface area contributed by atoms with E-state index < -0.39 is 15.5 Å². The number of nitro groups is 2. The van der Waals surface area contributed by atoms with E-state index in [1.54, 1.807) is 12.1 Å². The Morgan fingerprint density at radius 1 is 1.13 bits per heavy atom. The molecule has 0 saturated heterocycles. The summed E-state index contributed by atoms with van der Waals surface area (Å²) in [6.07, 6.45) is 0. The van der Waals surface area contributed by atoms with Crippen molar-refractivity contribution < 1.29 is 19.4 Å². The predicted molar refractivity (Wildman–Crippen MR) is 152 cm³/mol. The minimum absolute atomic E-state index is 0. The monoisotopic (exact) mass is 573 g/mol. The van der Waals surface area contributed by atoms with Gasteiger partial charge in [-0.05, 0) is 43.9 Å². The van der Waals surface area contributed by atoms with Crippen molar-refractivity contribution in [1.82, 2.24) is 9.88 Å². The van der Waals surface area contributed by atoms with E-state index in [4.69, 9.17) is 16.3 Å². The molecule has 11 nitrogen and oxygen atoms in total. The fraction of sp³-hybridized carbons (Fsp3) is 0.269. The molecule has 0 spiro atoms. The predicted octanol–water partition coefficient (Wildman–Crippen LogP) is 5.48. The lowest BCUT2D eigenvalue weighted by Gasteiger charge is -2.17. The number of anilines is 1. The molecule has 1 unspecified atom stereocenters. The van der Waals surface area contributed by atoms with Gasteiger partial charge in [0.15, 0.2) is 0 Å². The maximum atomic E-state index is 13.7. The Hall–Kier alpha value is -3.93. The van der Waals surface area contributed by atoms with Gasteiger partial charge < -0.3 is 19.5 Å². The summed E-state index contributed by atoms with van der Waals surface area (Å²) >= 11 is 6.27. The largest absolute Gasteiger partial charge is 0.492 e. The molecule has 0 fully saturated rings. The Morgan fingerprint density at radius 2 is 1.87 bits per heavy atom. The van der Waals surface area contributed by atoms with E-state index in [2.05, 4.69) is 4.98 Å². The fourth-order valence-electron chi connectivity index (χ4n) is 4.94. The highest BCUT2D eigenvalue weighted by atomic mass is 35.5. The van der Waals surface area contributed by atoms with Crippen molar-refractivity contribution in [3.05, 3.63) is 80.0 Å². The number of aromatic nitrogens is 1. The molecule has 204 valence electrons. The number of hydrogen-bond donors (Lipinski definition) is 1. The number of hydrogen-bond acceptors (Lipinski definition) is 7. The Bertz CT molecular complexity index is 1610. The number of benzene rings is 3. The second-order valence-corrected chi connectivity index (χ2v) is 9.70. The number of likely N-dealkylation sites (N-methyl/N-ethyl adjacent to an activating group) is 1. The van der Waals surface area contributed by atoms with Gasteiger partial charge >= 0.3 is 0 Å². The first-order chi connectivity index (χ1) is 18.2. The van der Waals surface area contributed by atoms with E-state index in [1.807, 2.05) is 37.2 Å². The van der Waals surface area contributed by atoms with Crippen LogP contribution in [0.4, 0.5) is 17.1 Å². The molecule has 1 aliphatic heterocycles. The first kappa shape index (κ1) is 28.1. The molecule has 1 amide bonds. The molecule has 1 aliphatic rings. The summed E-state index contributed by atoms with van der Waals surface area (Å²) in [4.78, 5) is 42.6. The van der Waals surface area contributed by atoms with Gasteiger partial charge in [-0.2, -0.15) is 0 Å². The Kier molecular flexibility index (Phi) is 7.96. The second-order valence-electron chi connectivity index (χ2n) is 9.39. The van der Waals surface area contributed by atoms with Crippen LogP contribution in [0.1, 0.15) is 22.0 Å². The number of carbonyl (C=O) groups is 1. The number of nitrogens with zero attached hydrogens (tertiary/aromatic N) is 4. The Labute approximate surface area is 234 Å². The van der Waals surface area contributed by atoms with Crippen LogP contribution in [0.2, 0.25) is 0 Å². The first-order valence-corrected chi connectivity index (χ1v) is 12.4. The SMILES string of the molecule is CN(C)CCOc1ccc2[nH]c(C(=O)N3CC(CCl)c4c3cc([N+](=O)[O-])c3c([N+](=O)[O-])cccc43)cc2c1.Cl. The van der Waals surface area contributed by atoms with Gasteiger partial charge in [0, 0.05) is 53.3 Å². The smallest absolute Gasteiger partial charge is 0.286 e. The standard InChI is InChI=1S/C26H24ClN5O6.ClH/c1-29(2)8-9-38-17-6-7-19-15(10-17)11-20(28-19)26(33)30-14-16(13-27)24-18-4-3-5-21(31(34)35)25(18)23(32(36)37)12-22(24)30;/h3-7,10-12,16,28H,8-9,13-14H2,1-2H3;1H. The van der Waals surface area contributed by atoms with Gasteiger partial charge in [-0.25, -0.2) is 0 Å². The molecular weight excluding hydrogens is 549 g/mol. The zero-order valence-corrected chi connectivity index (χ0v) is 22.6. The van der Waals surface area contributed by atoms with Crippen LogP contribution in [0.3, 0.4) is 0 Å². The number of halogens is 2. The highest BCUT2D eigenvalue weighted by molar-refractivity contribution is 6.19. The number of alkyl halides is 1. The molecule has 5 rings (SSSR count). The molecule has 0 bridgehead atoms. The third kappa shape index (κ3) is 5.08. The summed E-state index contributed by atoms with van der Waals surface area (Å²) in [5.41, 5.74) is 1.15. The minimum atomic E-state index is -0.660. The number of nitro benzene ring substituents is 2. The van der Waals surface area contributed by atoms with E-state index in [0.29, 0.717) is 34.7 Å². The molecule has 1 atom stereocenters. The molecule has 13 heteroatoms. The number of nitrogens with one attached hydrogen (secondary N) is 1. The lowest BCUT2D eigenvalue weighted by Crippen LogP contribution is -2.30. The average molecular weight is 574 g/mol. The van der Waals surface area contributed by atoms with Crippen LogP contribution in [0.5, 0.6) is 5.75 Å². The zero-order chi connectivity index (χ0) is 27.1. The van der Waals surface area contributed by atoms with Gasteiger partial charge in [-0.3, -0.25) is 25.0 Å². The van der Waals surface area contributed by atoms with Crippen LogP contribution in [0, 0.1) is 20.2 Å². The lowest BCUT2D eigenvalue weighted by molar-refractivity contribution is -0.390. The third-order valence-electron chi connectivity index (χ3n) is 6.69. The maximum Gasteiger partial charge on any atom is 0.286 e. The fourth-order valence-corrected chi connectivity index (χ4v) is 5.19. The van der Waals surface area contributed by atoms with Gasteiger partial charge in [0.25, 0.3) is 17.3 Å². The van der Waals surface area contributed by atoms with Gasteiger partial charge in [0.1, 0.15) is 23.4 Å². The molecule has 0 radical (unpaired) electrons. The number of rotatable bonds is 8. The molecule has 1 N–H and O–H groups in total. The molecule has 0 aliphatic carbocycles. The Balaban J connectivity index is 0.00000353. The maximum absolute atomic E-state index is 13.7. The molecule has 0 saturated carbocycles. The van der Waals surface area contributed by atoms with Crippen LogP contribution >= 0.6 is 24.0 Å². The molecule has 4 aromatic rings. The van der Waals surface area contributed by atoms with Crippen LogP contribution in [0.15, 0.2) is 48.5 Å². The van der Waals surface area contributed by atoms with Crippen molar-refractivity contribution in [2.45, 2.75) is 5.92 Å². The van der Waals surface area contributed by atoms with Gasteiger partial charge in [-0.1, -0.05) is 12.1 Å². The molecule has 3 aromatic carbocycles. The van der Waals surface area contributed by atoms with Crippen molar-refractivity contribution in [3.63, 3.8) is 0 Å². The summed E-state index contributed by atoms with van der Waals surface area (Å²) in [7, 11) is 3.92. The van der Waals surface area contributed by atoms with E-state index in [-0.39, 0.29) is 47.7 Å². The molecule has 2 heterocycles. The summed E-state index contributed by atoms with van der Waals surface area (Å²) in [5.74, 6) is 0.0631.